The van der Waals surface area contributed by atoms with E-state index in [9.17, 15) is 0 Å². The molecule has 3 atom stereocenters. The highest BCUT2D eigenvalue weighted by atomic mass is 32.1. The van der Waals surface area contributed by atoms with Gasteiger partial charge in [0.05, 0.1) is 0 Å². The number of nitrogens with one attached hydrogen (secondary N) is 1. The first-order valence-electron chi connectivity index (χ1n) is 7.23. The topological polar surface area (TPSA) is 18.5 Å². The molecule has 1 aliphatic rings. The van der Waals surface area contributed by atoms with Gasteiger partial charge in [0.1, 0.15) is 0 Å². The quantitative estimate of drug-likeness (QED) is 0.863. The predicted octanol–water partition coefficient (Wildman–Crippen LogP) is 2.28. The molecule has 1 fully saturated rings. The van der Waals surface area contributed by atoms with E-state index in [4.69, 9.17) is 0 Å². The van der Waals surface area contributed by atoms with E-state index in [0.717, 1.165) is 25.0 Å². The molecular formula is C15H27N3S. The molecule has 1 saturated heterocycles. The monoisotopic (exact) mass is 281 g/mol. The molecule has 4 heteroatoms. The molecule has 2 rings (SSSR count). The summed E-state index contributed by atoms with van der Waals surface area (Å²) in [6, 6.07) is 5.53. The first-order valence-corrected chi connectivity index (χ1v) is 8.11. The average molecular weight is 281 g/mol. The van der Waals surface area contributed by atoms with Gasteiger partial charge >= 0.3 is 0 Å². The van der Waals surface area contributed by atoms with Crippen LogP contribution in [-0.4, -0.2) is 56.1 Å². The Hall–Kier alpha value is -0.420. The smallest absolute Gasteiger partial charge is 0.0386 e. The van der Waals surface area contributed by atoms with Crippen LogP contribution in [0.15, 0.2) is 17.5 Å². The van der Waals surface area contributed by atoms with Gasteiger partial charge in [0.2, 0.25) is 0 Å². The van der Waals surface area contributed by atoms with Gasteiger partial charge in [-0.25, -0.2) is 0 Å². The molecule has 3 nitrogen and oxygen atoms in total. The van der Waals surface area contributed by atoms with E-state index in [-0.39, 0.29) is 0 Å². The van der Waals surface area contributed by atoms with Crippen molar-refractivity contribution in [3.05, 3.63) is 22.4 Å². The molecular weight excluding hydrogens is 254 g/mol. The standard InChI is InChI=1S/C15H27N3S/c1-12-10-18(11-14(12)17(3)4)8-7-16-13(2)15-6-5-9-19-15/h5-6,9,12-14,16H,7-8,10-11H2,1-4H3. The van der Waals surface area contributed by atoms with Gasteiger partial charge in [-0.15, -0.1) is 11.3 Å². The van der Waals surface area contributed by atoms with Gasteiger partial charge in [0, 0.05) is 43.1 Å². The molecule has 19 heavy (non-hydrogen) atoms. The summed E-state index contributed by atoms with van der Waals surface area (Å²) < 4.78 is 0. The summed E-state index contributed by atoms with van der Waals surface area (Å²) in [5, 5.41) is 5.78. The third-order valence-corrected chi connectivity index (χ3v) is 5.22. The Morgan fingerprint density at radius 1 is 1.47 bits per heavy atom. The maximum absolute atomic E-state index is 3.63. The lowest BCUT2D eigenvalue weighted by Gasteiger charge is -2.23. The largest absolute Gasteiger partial charge is 0.308 e. The summed E-state index contributed by atoms with van der Waals surface area (Å²) in [7, 11) is 4.39. The van der Waals surface area contributed by atoms with Crippen LogP contribution in [0.3, 0.4) is 0 Å². The van der Waals surface area contributed by atoms with Gasteiger partial charge in [-0.2, -0.15) is 0 Å². The average Bonchev–Trinajstić information content (AvgIpc) is 2.98. The molecule has 3 unspecified atom stereocenters. The van der Waals surface area contributed by atoms with Crippen molar-refractivity contribution in [1.82, 2.24) is 15.1 Å². The second kappa shape index (κ2) is 6.84. The fraction of sp³-hybridized carbons (Fsp3) is 0.733. The predicted molar refractivity (Wildman–Crippen MR) is 83.8 cm³/mol. The molecule has 0 radical (unpaired) electrons. The van der Waals surface area contributed by atoms with Gasteiger partial charge < -0.3 is 15.1 Å². The van der Waals surface area contributed by atoms with Crippen molar-refractivity contribution in [3.63, 3.8) is 0 Å². The van der Waals surface area contributed by atoms with Crippen LogP contribution >= 0.6 is 11.3 Å². The van der Waals surface area contributed by atoms with Gasteiger partial charge in [-0.05, 0) is 38.4 Å². The molecule has 0 spiro atoms. The van der Waals surface area contributed by atoms with Crippen LogP contribution in [0.25, 0.3) is 0 Å². The number of thiophene rings is 1. The SMILES string of the molecule is CC(NCCN1CC(C)C(N(C)C)C1)c1cccs1. The van der Waals surface area contributed by atoms with E-state index in [1.165, 1.54) is 18.0 Å². The maximum atomic E-state index is 3.63. The molecule has 1 aromatic rings. The molecule has 0 bridgehead atoms. The van der Waals surface area contributed by atoms with Crippen LogP contribution in [0.2, 0.25) is 0 Å². The van der Waals surface area contributed by atoms with Crippen molar-refractivity contribution in [2.24, 2.45) is 5.92 Å². The fourth-order valence-electron chi connectivity index (χ4n) is 2.98. The third-order valence-electron chi connectivity index (χ3n) is 4.16. The number of nitrogens with zero attached hydrogens (tertiary/aromatic N) is 2. The number of hydrogen-bond donors (Lipinski definition) is 1. The molecule has 0 saturated carbocycles. The van der Waals surface area contributed by atoms with E-state index in [0.29, 0.717) is 6.04 Å². The summed E-state index contributed by atoms with van der Waals surface area (Å²) >= 11 is 1.84. The summed E-state index contributed by atoms with van der Waals surface area (Å²) in [5.74, 6) is 0.782. The Morgan fingerprint density at radius 2 is 2.26 bits per heavy atom. The van der Waals surface area contributed by atoms with Crippen LogP contribution in [0.4, 0.5) is 0 Å². The number of likely N-dealkylation sites (tertiary alicyclic amines) is 1. The lowest BCUT2D eigenvalue weighted by Crippen LogP contribution is -2.36. The molecule has 0 aliphatic carbocycles. The number of rotatable bonds is 6. The van der Waals surface area contributed by atoms with Gasteiger partial charge in [-0.1, -0.05) is 13.0 Å². The summed E-state index contributed by atoms with van der Waals surface area (Å²) in [6.45, 7) is 9.30. The lowest BCUT2D eigenvalue weighted by atomic mass is 10.1. The zero-order valence-electron chi connectivity index (χ0n) is 12.6. The van der Waals surface area contributed by atoms with E-state index in [1.54, 1.807) is 0 Å². The molecule has 2 heterocycles. The fourth-order valence-corrected chi connectivity index (χ4v) is 3.74. The van der Waals surface area contributed by atoms with Crippen LogP contribution in [0.5, 0.6) is 0 Å². The van der Waals surface area contributed by atoms with Crippen LogP contribution in [-0.2, 0) is 0 Å². The zero-order chi connectivity index (χ0) is 13.8. The molecule has 108 valence electrons. The second-order valence-electron chi connectivity index (χ2n) is 5.96. The van der Waals surface area contributed by atoms with Crippen molar-refractivity contribution in [1.29, 1.82) is 0 Å². The minimum Gasteiger partial charge on any atom is -0.308 e. The molecule has 1 aromatic heterocycles. The highest BCUT2D eigenvalue weighted by Crippen LogP contribution is 2.20. The van der Waals surface area contributed by atoms with E-state index >= 15 is 0 Å². The minimum absolute atomic E-state index is 0.477. The van der Waals surface area contributed by atoms with Crippen molar-refractivity contribution >= 4 is 11.3 Å². The molecule has 1 aliphatic heterocycles. The summed E-state index contributed by atoms with van der Waals surface area (Å²) in [5.41, 5.74) is 0. The Kier molecular flexibility index (Phi) is 5.39. The first kappa shape index (κ1) is 15.0. The van der Waals surface area contributed by atoms with Gasteiger partial charge in [0.25, 0.3) is 0 Å². The first-order chi connectivity index (χ1) is 9.08. The van der Waals surface area contributed by atoms with Crippen LogP contribution < -0.4 is 5.32 Å². The second-order valence-corrected chi connectivity index (χ2v) is 6.94. The van der Waals surface area contributed by atoms with Crippen molar-refractivity contribution in [2.45, 2.75) is 25.9 Å². The van der Waals surface area contributed by atoms with Gasteiger partial charge in [-0.3, -0.25) is 0 Å². The molecule has 0 amide bonds. The number of likely N-dealkylation sites (N-methyl/N-ethyl adjacent to an activating group) is 1. The van der Waals surface area contributed by atoms with E-state index in [2.05, 4.69) is 60.6 Å². The highest BCUT2D eigenvalue weighted by molar-refractivity contribution is 7.10. The van der Waals surface area contributed by atoms with Crippen molar-refractivity contribution in [2.75, 3.05) is 40.3 Å². The highest BCUT2D eigenvalue weighted by Gasteiger charge is 2.30. The lowest BCUT2D eigenvalue weighted by molar-refractivity contribution is 0.251. The minimum atomic E-state index is 0.477. The Balaban J connectivity index is 1.69. The zero-order valence-corrected chi connectivity index (χ0v) is 13.4. The molecule has 1 N–H and O–H groups in total. The van der Waals surface area contributed by atoms with Crippen molar-refractivity contribution in [3.8, 4) is 0 Å². The Morgan fingerprint density at radius 3 is 2.84 bits per heavy atom. The Labute approximate surface area is 121 Å². The number of hydrogen-bond acceptors (Lipinski definition) is 4. The van der Waals surface area contributed by atoms with Crippen LogP contribution in [0.1, 0.15) is 24.8 Å². The summed E-state index contributed by atoms with van der Waals surface area (Å²) in [6.07, 6.45) is 0. The third kappa shape index (κ3) is 4.02. The van der Waals surface area contributed by atoms with E-state index < -0.39 is 0 Å². The van der Waals surface area contributed by atoms with Crippen molar-refractivity contribution < 1.29 is 0 Å². The Bertz CT molecular complexity index is 363. The summed E-state index contributed by atoms with van der Waals surface area (Å²) in [4.78, 5) is 6.39. The van der Waals surface area contributed by atoms with Gasteiger partial charge in [0.15, 0.2) is 0 Å². The normalized spacial score (nSPS) is 26.2. The molecule has 0 aromatic carbocycles. The van der Waals surface area contributed by atoms with E-state index in [1.807, 2.05) is 11.3 Å². The van der Waals surface area contributed by atoms with Crippen LogP contribution in [0, 0.1) is 5.92 Å². The maximum Gasteiger partial charge on any atom is 0.0386 e.